The summed E-state index contributed by atoms with van der Waals surface area (Å²) in [5.74, 6) is 2.35. The van der Waals surface area contributed by atoms with E-state index in [1.807, 2.05) is 11.6 Å². The topological polar surface area (TPSA) is 59.8 Å². The molecule has 7 heteroatoms. The number of carbonyl (C=O) groups is 1. The standard InChI is InChI=1S/C16H21ClN4OS/c1-11(2)10-23-16-20-19-14(21(16)3)7-8-18-15(22)12-5-4-6-13(17)9-12/h4-6,9,11H,7-8,10H2,1-3H3,(H,18,22). The summed E-state index contributed by atoms with van der Waals surface area (Å²) in [6, 6.07) is 6.90. The van der Waals surface area contributed by atoms with Gasteiger partial charge in [0.1, 0.15) is 5.82 Å². The van der Waals surface area contributed by atoms with Crippen LogP contribution in [-0.2, 0) is 13.5 Å². The van der Waals surface area contributed by atoms with E-state index in [1.54, 1.807) is 36.0 Å². The predicted octanol–water partition coefficient (Wildman–Crippen LogP) is 3.19. The molecule has 0 saturated heterocycles. The average Bonchev–Trinajstić information content (AvgIpc) is 2.86. The van der Waals surface area contributed by atoms with Crippen molar-refractivity contribution in [3.8, 4) is 0 Å². The molecule has 124 valence electrons. The second-order valence-electron chi connectivity index (χ2n) is 5.68. The number of nitrogens with zero attached hydrogens (tertiary/aromatic N) is 3. The minimum absolute atomic E-state index is 0.135. The van der Waals surface area contributed by atoms with Crippen molar-refractivity contribution < 1.29 is 4.79 Å². The van der Waals surface area contributed by atoms with Gasteiger partial charge in [-0.3, -0.25) is 4.79 Å². The smallest absolute Gasteiger partial charge is 0.251 e. The van der Waals surface area contributed by atoms with Gasteiger partial charge in [-0.25, -0.2) is 0 Å². The number of aromatic nitrogens is 3. The lowest BCUT2D eigenvalue weighted by Crippen LogP contribution is -2.26. The molecule has 0 radical (unpaired) electrons. The maximum absolute atomic E-state index is 12.0. The first-order valence-electron chi connectivity index (χ1n) is 7.52. The number of nitrogens with one attached hydrogen (secondary N) is 1. The van der Waals surface area contributed by atoms with Crippen LogP contribution in [0.2, 0.25) is 5.02 Å². The number of benzene rings is 1. The number of halogens is 1. The first-order valence-corrected chi connectivity index (χ1v) is 8.88. The molecular weight excluding hydrogens is 332 g/mol. The number of carbonyl (C=O) groups excluding carboxylic acids is 1. The first kappa shape index (κ1) is 17.8. The molecule has 1 aromatic heterocycles. The minimum atomic E-state index is -0.135. The summed E-state index contributed by atoms with van der Waals surface area (Å²) in [5.41, 5.74) is 0.559. The highest BCUT2D eigenvalue weighted by atomic mass is 35.5. The zero-order valence-corrected chi connectivity index (χ0v) is 15.1. The Bertz CT molecular complexity index is 672. The lowest BCUT2D eigenvalue weighted by atomic mass is 10.2. The minimum Gasteiger partial charge on any atom is -0.352 e. The summed E-state index contributed by atoms with van der Waals surface area (Å²) in [4.78, 5) is 12.0. The van der Waals surface area contributed by atoms with Crippen molar-refractivity contribution in [2.24, 2.45) is 13.0 Å². The van der Waals surface area contributed by atoms with Crippen molar-refractivity contribution >= 4 is 29.3 Å². The highest BCUT2D eigenvalue weighted by Gasteiger charge is 2.11. The molecule has 5 nitrogen and oxygen atoms in total. The van der Waals surface area contributed by atoms with Gasteiger partial charge in [-0.15, -0.1) is 10.2 Å². The highest BCUT2D eigenvalue weighted by molar-refractivity contribution is 7.99. The summed E-state index contributed by atoms with van der Waals surface area (Å²) in [5, 5.41) is 12.7. The Morgan fingerprint density at radius 2 is 2.17 bits per heavy atom. The molecule has 0 aliphatic rings. The number of hydrogen-bond donors (Lipinski definition) is 1. The van der Waals surface area contributed by atoms with Crippen molar-refractivity contribution in [2.45, 2.75) is 25.4 Å². The number of thioether (sulfide) groups is 1. The van der Waals surface area contributed by atoms with Gasteiger partial charge in [0, 0.05) is 36.4 Å². The second kappa shape index (κ2) is 8.36. The molecule has 1 heterocycles. The number of amides is 1. The Hall–Kier alpha value is -1.53. The van der Waals surface area contributed by atoms with E-state index in [1.165, 1.54) is 0 Å². The fraction of sp³-hybridized carbons (Fsp3) is 0.438. The Morgan fingerprint density at radius 3 is 2.87 bits per heavy atom. The average molecular weight is 353 g/mol. The third-order valence-corrected chi connectivity index (χ3v) is 4.87. The molecule has 0 aliphatic carbocycles. The van der Waals surface area contributed by atoms with E-state index in [9.17, 15) is 4.79 Å². The summed E-state index contributed by atoms with van der Waals surface area (Å²) in [7, 11) is 1.96. The summed E-state index contributed by atoms with van der Waals surface area (Å²) in [6.45, 7) is 4.86. The molecule has 2 rings (SSSR count). The third kappa shape index (κ3) is 5.25. The Morgan fingerprint density at radius 1 is 1.39 bits per heavy atom. The van der Waals surface area contributed by atoms with E-state index in [0.29, 0.717) is 29.5 Å². The van der Waals surface area contributed by atoms with Crippen LogP contribution in [0.25, 0.3) is 0 Å². The molecular formula is C16H21ClN4OS. The number of hydrogen-bond acceptors (Lipinski definition) is 4. The number of rotatable bonds is 7. The normalized spacial score (nSPS) is 11.0. The van der Waals surface area contributed by atoms with E-state index in [2.05, 4.69) is 29.4 Å². The van der Waals surface area contributed by atoms with Gasteiger partial charge in [-0.05, 0) is 24.1 Å². The predicted molar refractivity (Wildman–Crippen MR) is 94.1 cm³/mol. The fourth-order valence-electron chi connectivity index (χ4n) is 1.95. The molecule has 0 spiro atoms. The molecule has 0 atom stereocenters. The molecule has 0 unspecified atom stereocenters. The van der Waals surface area contributed by atoms with Gasteiger partial charge in [0.25, 0.3) is 5.91 Å². The summed E-state index contributed by atoms with van der Waals surface area (Å²) >= 11 is 7.59. The van der Waals surface area contributed by atoms with Crippen LogP contribution in [0.15, 0.2) is 29.4 Å². The SMILES string of the molecule is CC(C)CSc1nnc(CCNC(=O)c2cccc(Cl)c2)n1C. The lowest BCUT2D eigenvalue weighted by molar-refractivity contribution is 0.0954. The summed E-state index contributed by atoms with van der Waals surface area (Å²) < 4.78 is 1.98. The van der Waals surface area contributed by atoms with Crippen molar-refractivity contribution in [3.05, 3.63) is 40.7 Å². The molecule has 0 fully saturated rings. The Balaban J connectivity index is 1.85. The van der Waals surface area contributed by atoms with E-state index in [0.717, 1.165) is 16.7 Å². The van der Waals surface area contributed by atoms with Crippen LogP contribution in [0.5, 0.6) is 0 Å². The molecule has 1 aromatic carbocycles. The van der Waals surface area contributed by atoms with Gasteiger partial charge in [-0.1, -0.05) is 43.3 Å². The zero-order chi connectivity index (χ0) is 16.8. The van der Waals surface area contributed by atoms with Gasteiger partial charge in [0.05, 0.1) is 0 Å². The lowest BCUT2D eigenvalue weighted by Gasteiger charge is -2.07. The third-order valence-electron chi connectivity index (χ3n) is 3.19. The largest absolute Gasteiger partial charge is 0.352 e. The molecule has 2 aromatic rings. The first-order chi connectivity index (χ1) is 11.0. The van der Waals surface area contributed by atoms with Gasteiger partial charge in [-0.2, -0.15) is 0 Å². The van der Waals surface area contributed by atoms with Gasteiger partial charge < -0.3 is 9.88 Å². The molecule has 0 aliphatic heterocycles. The monoisotopic (exact) mass is 352 g/mol. The molecule has 0 saturated carbocycles. The second-order valence-corrected chi connectivity index (χ2v) is 7.10. The van der Waals surface area contributed by atoms with Gasteiger partial charge in [0.2, 0.25) is 0 Å². The zero-order valence-electron chi connectivity index (χ0n) is 13.5. The van der Waals surface area contributed by atoms with Gasteiger partial charge >= 0.3 is 0 Å². The van der Waals surface area contributed by atoms with Crippen molar-refractivity contribution in [2.75, 3.05) is 12.3 Å². The van der Waals surface area contributed by atoms with E-state index < -0.39 is 0 Å². The molecule has 23 heavy (non-hydrogen) atoms. The van der Waals surface area contributed by atoms with Crippen molar-refractivity contribution in [3.63, 3.8) is 0 Å². The fourth-order valence-corrected chi connectivity index (χ4v) is 3.02. The Labute approximate surface area is 145 Å². The van der Waals surface area contributed by atoms with Crippen LogP contribution in [0.1, 0.15) is 30.0 Å². The van der Waals surface area contributed by atoms with Crippen molar-refractivity contribution in [1.82, 2.24) is 20.1 Å². The van der Waals surface area contributed by atoms with Crippen molar-refractivity contribution in [1.29, 1.82) is 0 Å². The maximum atomic E-state index is 12.0. The van der Waals surface area contributed by atoms with E-state index in [-0.39, 0.29) is 5.91 Å². The highest BCUT2D eigenvalue weighted by Crippen LogP contribution is 2.18. The maximum Gasteiger partial charge on any atom is 0.251 e. The summed E-state index contributed by atoms with van der Waals surface area (Å²) in [6.07, 6.45) is 0.637. The van der Waals surface area contributed by atoms with E-state index in [4.69, 9.17) is 11.6 Å². The van der Waals surface area contributed by atoms with Crippen LogP contribution in [-0.4, -0.2) is 33.0 Å². The van der Waals surface area contributed by atoms with Crippen LogP contribution in [0.3, 0.4) is 0 Å². The van der Waals surface area contributed by atoms with Gasteiger partial charge in [0.15, 0.2) is 5.16 Å². The quantitative estimate of drug-likeness (QED) is 0.777. The van der Waals surface area contributed by atoms with Crippen LogP contribution in [0, 0.1) is 5.92 Å². The Kier molecular flexibility index (Phi) is 6.47. The van der Waals surface area contributed by atoms with Crippen LogP contribution < -0.4 is 5.32 Å². The molecule has 1 amide bonds. The van der Waals surface area contributed by atoms with Crippen LogP contribution in [0.4, 0.5) is 0 Å². The molecule has 0 bridgehead atoms. The van der Waals surface area contributed by atoms with Crippen LogP contribution >= 0.6 is 23.4 Å². The molecule has 1 N–H and O–H groups in total. The van der Waals surface area contributed by atoms with E-state index >= 15 is 0 Å².